The maximum Gasteiger partial charge on any atom is 0.277 e. The number of hydrogen-bond acceptors (Lipinski definition) is 3. The quantitative estimate of drug-likeness (QED) is 0.338. The second-order valence-corrected chi connectivity index (χ2v) is 6.77. The number of ether oxygens (including phenoxy) is 1. The summed E-state index contributed by atoms with van der Waals surface area (Å²) < 4.78 is 6.60. The van der Waals surface area contributed by atoms with Crippen LogP contribution in [0.15, 0.2) is 84.0 Å². The van der Waals surface area contributed by atoms with Crippen LogP contribution in [0.2, 0.25) is 0 Å². The molecule has 0 atom stereocenters. The van der Waals surface area contributed by atoms with Crippen LogP contribution in [0.1, 0.15) is 5.56 Å². The third-order valence-corrected chi connectivity index (χ3v) is 4.25. The molecule has 0 bridgehead atoms. The highest BCUT2D eigenvalue weighted by molar-refractivity contribution is 14.1. The second-order valence-electron chi connectivity index (χ2n) is 5.53. The van der Waals surface area contributed by atoms with Crippen molar-refractivity contribution in [2.45, 2.75) is 0 Å². The lowest BCUT2D eigenvalue weighted by molar-refractivity contribution is -0.123. The Bertz CT molecular complexity index is 893. The van der Waals surface area contributed by atoms with Crippen LogP contribution in [0.25, 0.3) is 11.1 Å². The Balaban J connectivity index is 1.48. The Morgan fingerprint density at radius 2 is 1.69 bits per heavy atom. The van der Waals surface area contributed by atoms with E-state index >= 15 is 0 Å². The molecular weight excluding hydrogens is 439 g/mol. The smallest absolute Gasteiger partial charge is 0.277 e. The fourth-order valence-corrected chi connectivity index (χ4v) is 2.89. The lowest BCUT2D eigenvalue weighted by Crippen LogP contribution is -2.24. The first-order chi connectivity index (χ1) is 12.7. The number of amides is 1. The third kappa shape index (κ3) is 5.42. The molecule has 0 aliphatic carbocycles. The Hall–Kier alpha value is -2.67. The molecule has 5 heteroatoms. The fraction of sp³-hybridized carbons (Fsp3) is 0.0476. The van der Waals surface area contributed by atoms with Crippen molar-refractivity contribution in [2.75, 3.05) is 6.61 Å². The third-order valence-electron chi connectivity index (χ3n) is 3.58. The molecule has 1 amide bonds. The van der Waals surface area contributed by atoms with Gasteiger partial charge < -0.3 is 4.74 Å². The maximum atomic E-state index is 11.8. The topological polar surface area (TPSA) is 50.7 Å². The first kappa shape index (κ1) is 18.1. The molecule has 0 radical (unpaired) electrons. The Morgan fingerprint density at radius 3 is 2.42 bits per heavy atom. The van der Waals surface area contributed by atoms with Crippen molar-refractivity contribution in [3.05, 3.63) is 88.0 Å². The van der Waals surface area contributed by atoms with E-state index in [0.717, 1.165) is 20.3 Å². The summed E-state index contributed by atoms with van der Waals surface area (Å²) in [5.41, 5.74) is 5.63. The molecule has 3 aromatic rings. The van der Waals surface area contributed by atoms with Gasteiger partial charge in [0.2, 0.25) is 0 Å². The van der Waals surface area contributed by atoms with Gasteiger partial charge in [0.05, 0.1) is 6.21 Å². The number of halogens is 1. The molecule has 1 N–H and O–H groups in total. The van der Waals surface area contributed by atoms with E-state index in [9.17, 15) is 4.79 Å². The zero-order valence-electron chi connectivity index (χ0n) is 13.9. The second kappa shape index (κ2) is 9.15. The Morgan fingerprint density at radius 1 is 0.962 bits per heavy atom. The van der Waals surface area contributed by atoms with Gasteiger partial charge in [-0.05, 0) is 63.5 Å². The molecule has 3 aromatic carbocycles. The lowest BCUT2D eigenvalue weighted by Gasteiger charge is -2.06. The zero-order valence-corrected chi connectivity index (χ0v) is 16.1. The molecule has 0 heterocycles. The summed E-state index contributed by atoms with van der Waals surface area (Å²) in [6, 6.07) is 25.6. The van der Waals surface area contributed by atoms with E-state index in [0.29, 0.717) is 5.75 Å². The van der Waals surface area contributed by atoms with Crippen LogP contribution in [0, 0.1) is 3.57 Å². The molecule has 0 fully saturated rings. The first-order valence-electron chi connectivity index (χ1n) is 8.06. The SMILES string of the molecule is O=C(COc1ccc(-c2ccccc2)cc1)N/N=C/c1cccc(I)c1. The molecule has 130 valence electrons. The van der Waals surface area contributed by atoms with Gasteiger partial charge in [-0.2, -0.15) is 5.10 Å². The summed E-state index contributed by atoms with van der Waals surface area (Å²) in [5, 5.41) is 3.94. The van der Waals surface area contributed by atoms with Crippen LogP contribution >= 0.6 is 22.6 Å². The molecule has 0 aromatic heterocycles. The lowest BCUT2D eigenvalue weighted by atomic mass is 10.1. The van der Waals surface area contributed by atoms with Gasteiger partial charge in [-0.25, -0.2) is 5.43 Å². The molecule has 4 nitrogen and oxygen atoms in total. The van der Waals surface area contributed by atoms with Crippen molar-refractivity contribution in [3.63, 3.8) is 0 Å². The summed E-state index contributed by atoms with van der Waals surface area (Å²) in [6.07, 6.45) is 1.61. The van der Waals surface area contributed by atoms with Gasteiger partial charge in [0.15, 0.2) is 6.61 Å². The zero-order chi connectivity index (χ0) is 18.2. The number of nitrogens with zero attached hydrogens (tertiary/aromatic N) is 1. The van der Waals surface area contributed by atoms with Gasteiger partial charge in [-0.3, -0.25) is 4.79 Å². The number of nitrogens with one attached hydrogen (secondary N) is 1. The number of benzene rings is 3. The minimum Gasteiger partial charge on any atom is -0.484 e. The standard InChI is InChI=1S/C21H17IN2O2/c22-19-8-4-5-16(13-19)14-23-24-21(25)15-26-20-11-9-18(10-12-20)17-6-2-1-3-7-17/h1-14H,15H2,(H,24,25)/b23-14+. The predicted molar refractivity (Wildman–Crippen MR) is 112 cm³/mol. The minimum absolute atomic E-state index is 0.0889. The van der Waals surface area contributed by atoms with E-state index in [1.165, 1.54) is 0 Å². The van der Waals surface area contributed by atoms with Crippen LogP contribution in [0.5, 0.6) is 5.75 Å². The van der Waals surface area contributed by atoms with E-state index in [4.69, 9.17) is 4.74 Å². The van der Waals surface area contributed by atoms with Crippen molar-refractivity contribution in [1.82, 2.24) is 5.43 Å². The monoisotopic (exact) mass is 456 g/mol. The Labute approximate surface area is 166 Å². The van der Waals surface area contributed by atoms with Crippen LogP contribution in [0.4, 0.5) is 0 Å². The van der Waals surface area contributed by atoms with Crippen molar-refractivity contribution < 1.29 is 9.53 Å². The number of hydrazone groups is 1. The van der Waals surface area contributed by atoms with Gasteiger partial charge >= 0.3 is 0 Å². The summed E-state index contributed by atoms with van der Waals surface area (Å²) in [7, 11) is 0. The summed E-state index contributed by atoms with van der Waals surface area (Å²) in [4.78, 5) is 11.8. The average molecular weight is 456 g/mol. The number of carbonyl (C=O) groups is 1. The highest BCUT2D eigenvalue weighted by Crippen LogP contribution is 2.21. The first-order valence-corrected chi connectivity index (χ1v) is 9.14. The number of rotatable bonds is 6. The van der Waals surface area contributed by atoms with Crippen molar-refractivity contribution >= 4 is 34.7 Å². The average Bonchev–Trinajstić information content (AvgIpc) is 2.68. The molecule has 0 spiro atoms. The van der Waals surface area contributed by atoms with Crippen molar-refractivity contribution in [1.29, 1.82) is 0 Å². The van der Waals surface area contributed by atoms with Crippen LogP contribution < -0.4 is 10.2 Å². The molecule has 3 rings (SSSR count). The summed E-state index contributed by atoms with van der Waals surface area (Å²) in [6.45, 7) is -0.0889. The molecular formula is C21H17IN2O2. The van der Waals surface area contributed by atoms with Crippen LogP contribution in [-0.4, -0.2) is 18.7 Å². The molecule has 0 aliphatic rings. The number of carbonyl (C=O) groups excluding carboxylic acids is 1. The normalized spacial score (nSPS) is 10.7. The maximum absolute atomic E-state index is 11.8. The molecule has 0 unspecified atom stereocenters. The highest BCUT2D eigenvalue weighted by Gasteiger charge is 2.02. The van der Waals surface area contributed by atoms with E-state index in [1.807, 2.05) is 66.7 Å². The summed E-state index contributed by atoms with van der Waals surface area (Å²) >= 11 is 2.23. The van der Waals surface area contributed by atoms with Crippen molar-refractivity contribution in [2.24, 2.45) is 5.10 Å². The predicted octanol–water partition coefficient (Wildman–Crippen LogP) is 4.49. The highest BCUT2D eigenvalue weighted by atomic mass is 127. The largest absolute Gasteiger partial charge is 0.484 e. The van der Waals surface area contributed by atoms with Gasteiger partial charge in [0, 0.05) is 3.57 Å². The van der Waals surface area contributed by atoms with E-state index in [2.05, 4.69) is 45.3 Å². The van der Waals surface area contributed by atoms with Crippen LogP contribution in [0.3, 0.4) is 0 Å². The Kier molecular flexibility index (Phi) is 6.38. The van der Waals surface area contributed by atoms with Gasteiger partial charge in [0.1, 0.15) is 5.75 Å². The van der Waals surface area contributed by atoms with Crippen molar-refractivity contribution in [3.8, 4) is 16.9 Å². The van der Waals surface area contributed by atoms with E-state index in [1.54, 1.807) is 6.21 Å². The van der Waals surface area contributed by atoms with E-state index < -0.39 is 0 Å². The number of hydrogen-bond donors (Lipinski definition) is 1. The van der Waals surface area contributed by atoms with Crippen LogP contribution in [-0.2, 0) is 4.79 Å². The minimum atomic E-state index is -0.306. The fourth-order valence-electron chi connectivity index (χ4n) is 2.32. The molecule has 0 saturated carbocycles. The van der Waals surface area contributed by atoms with Gasteiger partial charge in [-0.1, -0.05) is 54.6 Å². The van der Waals surface area contributed by atoms with E-state index in [-0.39, 0.29) is 12.5 Å². The van der Waals surface area contributed by atoms with Gasteiger partial charge in [-0.15, -0.1) is 0 Å². The molecule has 0 aliphatic heterocycles. The molecule has 26 heavy (non-hydrogen) atoms. The summed E-state index contributed by atoms with van der Waals surface area (Å²) in [5.74, 6) is 0.334. The van der Waals surface area contributed by atoms with Gasteiger partial charge in [0.25, 0.3) is 5.91 Å². The molecule has 0 saturated heterocycles.